The van der Waals surface area contributed by atoms with Crippen LogP contribution in [-0.4, -0.2) is 25.1 Å². The molecule has 4 rings (SSSR count). The standard InChI is InChI=1S/C19H24O4/c1-11-6-12(2)19(8-20)9-21-18(17(11)13(19)3)14-4-5-15-16(7-14)23-10-22-15/h4-7,12-13,17-18,20H,8-10H2,1-3H3/t12-,13+,17+,18+,19-/m1/s1. The summed E-state index contributed by atoms with van der Waals surface area (Å²) in [6.07, 6.45) is 2.33. The molecule has 4 heteroatoms. The molecule has 5 atom stereocenters. The first-order valence-corrected chi connectivity index (χ1v) is 8.37. The number of aliphatic hydroxyl groups is 1. The van der Waals surface area contributed by atoms with Gasteiger partial charge in [-0.05, 0) is 36.5 Å². The van der Waals surface area contributed by atoms with Gasteiger partial charge in [0.25, 0.3) is 0 Å². The van der Waals surface area contributed by atoms with E-state index in [2.05, 4.69) is 32.9 Å². The normalized spacial score (nSPS) is 38.3. The van der Waals surface area contributed by atoms with Crippen LogP contribution in [0.1, 0.15) is 32.4 Å². The molecule has 0 saturated carbocycles. The van der Waals surface area contributed by atoms with Gasteiger partial charge in [-0.1, -0.05) is 31.6 Å². The minimum Gasteiger partial charge on any atom is -0.454 e. The van der Waals surface area contributed by atoms with Crippen molar-refractivity contribution in [2.75, 3.05) is 20.0 Å². The Kier molecular flexibility index (Phi) is 3.43. The zero-order chi connectivity index (χ0) is 16.2. The van der Waals surface area contributed by atoms with E-state index in [0.717, 1.165) is 17.1 Å². The third kappa shape index (κ3) is 2.05. The van der Waals surface area contributed by atoms with Crippen LogP contribution in [0.2, 0.25) is 0 Å². The summed E-state index contributed by atoms with van der Waals surface area (Å²) in [5, 5.41) is 10.1. The largest absolute Gasteiger partial charge is 0.454 e. The Morgan fingerprint density at radius 2 is 2.00 bits per heavy atom. The number of fused-ring (bicyclic) bond motifs is 3. The Morgan fingerprint density at radius 3 is 2.78 bits per heavy atom. The fourth-order valence-corrected chi connectivity index (χ4v) is 4.68. The molecular formula is C19H24O4. The van der Waals surface area contributed by atoms with Gasteiger partial charge in [0.2, 0.25) is 6.79 Å². The number of hydrogen-bond acceptors (Lipinski definition) is 4. The van der Waals surface area contributed by atoms with Crippen molar-refractivity contribution in [3.8, 4) is 11.5 Å². The molecule has 2 aliphatic heterocycles. The van der Waals surface area contributed by atoms with Crippen LogP contribution in [-0.2, 0) is 4.74 Å². The van der Waals surface area contributed by atoms with Crippen LogP contribution >= 0.6 is 0 Å². The Bertz CT molecular complexity index is 653. The fourth-order valence-electron chi connectivity index (χ4n) is 4.68. The highest BCUT2D eigenvalue weighted by Crippen LogP contribution is 2.56. The second-order valence-electron chi connectivity index (χ2n) is 7.25. The molecule has 1 N–H and O–H groups in total. The zero-order valence-corrected chi connectivity index (χ0v) is 13.9. The number of benzene rings is 1. The molecule has 23 heavy (non-hydrogen) atoms. The second kappa shape index (κ2) is 5.25. The maximum atomic E-state index is 10.1. The van der Waals surface area contributed by atoms with Crippen molar-refractivity contribution in [2.24, 2.45) is 23.2 Å². The predicted octanol–water partition coefficient (Wildman–Crippen LogP) is 3.31. The SMILES string of the molecule is CC1=C[C@@H](C)[C@@]2(CO)CO[C@@H](c3ccc4c(c3)OCO4)[C@@H]1[C@@H]2C. The zero-order valence-electron chi connectivity index (χ0n) is 13.9. The van der Waals surface area contributed by atoms with Crippen molar-refractivity contribution in [1.29, 1.82) is 0 Å². The summed E-state index contributed by atoms with van der Waals surface area (Å²) in [6, 6.07) is 6.07. The lowest BCUT2D eigenvalue weighted by Crippen LogP contribution is -2.53. The van der Waals surface area contributed by atoms with Crippen molar-refractivity contribution in [3.05, 3.63) is 35.4 Å². The van der Waals surface area contributed by atoms with E-state index in [0.29, 0.717) is 18.4 Å². The van der Waals surface area contributed by atoms with Crippen LogP contribution in [0.4, 0.5) is 0 Å². The fraction of sp³-hybridized carbons (Fsp3) is 0.579. The second-order valence-corrected chi connectivity index (χ2v) is 7.25. The van der Waals surface area contributed by atoms with Gasteiger partial charge in [0.15, 0.2) is 11.5 Å². The molecule has 0 unspecified atom stereocenters. The van der Waals surface area contributed by atoms with E-state index in [9.17, 15) is 5.11 Å². The van der Waals surface area contributed by atoms with Gasteiger partial charge >= 0.3 is 0 Å². The van der Waals surface area contributed by atoms with E-state index in [1.165, 1.54) is 5.57 Å². The maximum absolute atomic E-state index is 10.1. The Hall–Kier alpha value is -1.52. The lowest BCUT2D eigenvalue weighted by atomic mass is 9.56. The van der Waals surface area contributed by atoms with E-state index in [4.69, 9.17) is 14.2 Å². The van der Waals surface area contributed by atoms with Crippen LogP contribution in [0, 0.1) is 23.2 Å². The first-order valence-electron chi connectivity index (χ1n) is 8.37. The average molecular weight is 316 g/mol. The molecule has 2 heterocycles. The summed E-state index contributed by atoms with van der Waals surface area (Å²) in [4.78, 5) is 0. The van der Waals surface area contributed by atoms with Gasteiger partial charge in [-0.3, -0.25) is 0 Å². The van der Waals surface area contributed by atoms with Gasteiger partial charge in [0.05, 0.1) is 19.3 Å². The molecule has 0 amide bonds. The smallest absolute Gasteiger partial charge is 0.231 e. The van der Waals surface area contributed by atoms with E-state index in [1.807, 2.05) is 12.1 Å². The van der Waals surface area contributed by atoms with Crippen molar-refractivity contribution in [2.45, 2.75) is 26.9 Å². The van der Waals surface area contributed by atoms with Crippen molar-refractivity contribution in [1.82, 2.24) is 0 Å². The lowest BCUT2D eigenvalue weighted by molar-refractivity contribution is -0.165. The molecule has 1 aromatic rings. The molecule has 1 aromatic carbocycles. The van der Waals surface area contributed by atoms with Crippen LogP contribution in [0.3, 0.4) is 0 Å². The van der Waals surface area contributed by atoms with Gasteiger partial charge in [0.1, 0.15) is 0 Å². The van der Waals surface area contributed by atoms with Gasteiger partial charge in [-0.25, -0.2) is 0 Å². The monoisotopic (exact) mass is 316 g/mol. The van der Waals surface area contributed by atoms with Crippen LogP contribution in [0.15, 0.2) is 29.8 Å². The number of hydrogen-bond donors (Lipinski definition) is 1. The maximum Gasteiger partial charge on any atom is 0.231 e. The first-order chi connectivity index (χ1) is 11.1. The van der Waals surface area contributed by atoms with Gasteiger partial charge in [0, 0.05) is 11.3 Å². The Balaban J connectivity index is 1.73. The third-order valence-electron chi connectivity index (χ3n) is 6.27. The number of rotatable bonds is 2. The Labute approximate surface area is 137 Å². The quantitative estimate of drug-likeness (QED) is 0.850. The molecule has 0 aromatic heterocycles. The summed E-state index contributed by atoms with van der Waals surface area (Å²) in [6.45, 7) is 7.68. The highest BCUT2D eigenvalue weighted by molar-refractivity contribution is 5.45. The van der Waals surface area contributed by atoms with Gasteiger partial charge in [-0.2, -0.15) is 0 Å². The van der Waals surface area contributed by atoms with Gasteiger partial charge < -0.3 is 19.3 Å². The van der Waals surface area contributed by atoms with E-state index >= 15 is 0 Å². The van der Waals surface area contributed by atoms with Crippen LogP contribution in [0.25, 0.3) is 0 Å². The van der Waals surface area contributed by atoms with Crippen LogP contribution in [0.5, 0.6) is 11.5 Å². The van der Waals surface area contributed by atoms with Crippen molar-refractivity contribution >= 4 is 0 Å². The van der Waals surface area contributed by atoms with E-state index in [-0.39, 0.29) is 30.8 Å². The summed E-state index contributed by atoms with van der Waals surface area (Å²) in [7, 11) is 0. The van der Waals surface area contributed by atoms with Crippen molar-refractivity contribution < 1.29 is 19.3 Å². The number of aliphatic hydroxyl groups excluding tert-OH is 1. The molecule has 1 saturated heterocycles. The van der Waals surface area contributed by atoms with Crippen molar-refractivity contribution in [3.63, 3.8) is 0 Å². The summed E-state index contributed by atoms with van der Waals surface area (Å²) in [5.41, 5.74) is 2.31. The highest BCUT2D eigenvalue weighted by Gasteiger charge is 2.53. The topological polar surface area (TPSA) is 47.9 Å². The van der Waals surface area contributed by atoms with E-state index < -0.39 is 0 Å². The summed E-state index contributed by atoms with van der Waals surface area (Å²) < 4.78 is 17.2. The summed E-state index contributed by atoms with van der Waals surface area (Å²) >= 11 is 0. The molecule has 2 bridgehead atoms. The minimum atomic E-state index is -0.170. The predicted molar refractivity (Wildman–Crippen MR) is 86.4 cm³/mol. The molecule has 1 fully saturated rings. The average Bonchev–Trinajstić information content (AvgIpc) is 3.00. The molecule has 124 valence electrons. The molecule has 1 aliphatic carbocycles. The highest BCUT2D eigenvalue weighted by atomic mass is 16.7. The molecule has 0 radical (unpaired) electrons. The summed E-state index contributed by atoms with van der Waals surface area (Å²) in [5.74, 6) is 2.58. The molecular weight excluding hydrogens is 292 g/mol. The molecule has 0 spiro atoms. The minimum absolute atomic E-state index is 0.00271. The number of allylic oxidation sites excluding steroid dienone is 1. The van der Waals surface area contributed by atoms with Gasteiger partial charge in [-0.15, -0.1) is 0 Å². The van der Waals surface area contributed by atoms with E-state index in [1.54, 1.807) is 0 Å². The number of ether oxygens (including phenoxy) is 3. The van der Waals surface area contributed by atoms with Crippen LogP contribution < -0.4 is 9.47 Å². The molecule has 3 aliphatic rings. The molecule has 4 nitrogen and oxygen atoms in total. The Morgan fingerprint density at radius 1 is 1.22 bits per heavy atom. The first kappa shape index (κ1) is 15.0. The lowest BCUT2D eigenvalue weighted by Gasteiger charge is -2.55. The third-order valence-corrected chi connectivity index (χ3v) is 6.27.